The Morgan fingerprint density at radius 3 is 2.13 bits per heavy atom. The Kier molecular flexibility index (Phi) is 10.4. The molecule has 1 rings (SSSR count). The first-order valence-corrected chi connectivity index (χ1v) is 8.45. The number of hydrogen-bond acceptors (Lipinski definition) is 5. The minimum Gasteiger partial charge on any atom is -0.508 e. The van der Waals surface area contributed by atoms with Crippen LogP contribution in [0.5, 0.6) is 11.5 Å². The zero-order valence-corrected chi connectivity index (χ0v) is 15.0. The Bertz CT molecular complexity index is 427. The highest BCUT2D eigenvalue weighted by Crippen LogP contribution is 2.36. The van der Waals surface area contributed by atoms with Gasteiger partial charge in [0.05, 0.1) is 23.3 Å². The molecule has 0 aliphatic heterocycles. The lowest BCUT2D eigenvalue weighted by Crippen LogP contribution is -2.23. The maximum Gasteiger partial charge on any atom is 0.180 e. The maximum absolute atomic E-state index is 9.35. The average Bonchev–Trinajstić information content (AvgIpc) is 2.48. The lowest BCUT2D eigenvalue weighted by atomic mass is 10.3. The Balaban J connectivity index is 2.16. The highest BCUT2D eigenvalue weighted by atomic mass is 35.5. The summed E-state index contributed by atoms with van der Waals surface area (Å²) in [6, 6.07) is 2.79. The van der Waals surface area contributed by atoms with Crippen molar-refractivity contribution in [1.82, 2.24) is 0 Å². The molecular formula is C16H24Cl2O5. The van der Waals surface area contributed by atoms with Crippen LogP contribution in [0.1, 0.15) is 26.7 Å². The minimum absolute atomic E-state index is 0.0129. The summed E-state index contributed by atoms with van der Waals surface area (Å²) in [5.74, 6) is 0.402. The van der Waals surface area contributed by atoms with Crippen molar-refractivity contribution in [3.05, 3.63) is 22.2 Å². The first kappa shape index (κ1) is 20.3. The molecular weight excluding hydrogens is 343 g/mol. The molecule has 0 unspecified atom stereocenters. The fraction of sp³-hybridized carbons (Fsp3) is 0.625. The molecule has 0 fully saturated rings. The Labute approximate surface area is 147 Å². The fourth-order valence-corrected chi connectivity index (χ4v) is 2.45. The minimum atomic E-state index is -0.309. The van der Waals surface area contributed by atoms with E-state index in [1.165, 1.54) is 12.1 Å². The van der Waals surface area contributed by atoms with E-state index in [1.54, 1.807) is 0 Å². The van der Waals surface area contributed by atoms with Gasteiger partial charge in [0.15, 0.2) is 12.0 Å². The van der Waals surface area contributed by atoms with Crippen molar-refractivity contribution in [2.75, 3.05) is 33.0 Å². The van der Waals surface area contributed by atoms with Crippen LogP contribution in [0.2, 0.25) is 10.0 Å². The second kappa shape index (κ2) is 11.8. The molecule has 7 heteroatoms. The molecule has 0 amide bonds. The third-order valence-corrected chi connectivity index (χ3v) is 3.43. The van der Waals surface area contributed by atoms with Gasteiger partial charge in [-0.05, 0) is 26.7 Å². The van der Waals surface area contributed by atoms with Crippen molar-refractivity contribution in [2.45, 2.75) is 33.0 Å². The van der Waals surface area contributed by atoms with Crippen molar-refractivity contribution in [2.24, 2.45) is 0 Å². The third-order valence-electron chi connectivity index (χ3n) is 2.87. The van der Waals surface area contributed by atoms with Crippen LogP contribution in [0.15, 0.2) is 12.1 Å². The van der Waals surface area contributed by atoms with Crippen LogP contribution in [-0.4, -0.2) is 44.4 Å². The Hall–Kier alpha value is -0.720. The van der Waals surface area contributed by atoms with Crippen LogP contribution < -0.4 is 4.74 Å². The van der Waals surface area contributed by atoms with Crippen LogP contribution in [0.4, 0.5) is 0 Å². The van der Waals surface area contributed by atoms with E-state index < -0.39 is 0 Å². The largest absolute Gasteiger partial charge is 0.508 e. The third kappa shape index (κ3) is 8.08. The molecule has 132 valence electrons. The summed E-state index contributed by atoms with van der Waals surface area (Å²) >= 11 is 11.9. The van der Waals surface area contributed by atoms with Gasteiger partial charge in [-0.2, -0.15) is 0 Å². The second-order valence-corrected chi connectivity index (χ2v) is 5.52. The number of ether oxygens (including phenoxy) is 4. The SMILES string of the molecule is CCOC(COCCCCOc1c(Cl)cc(O)cc1Cl)OCC. The van der Waals surface area contributed by atoms with Crippen LogP contribution >= 0.6 is 23.2 Å². The van der Waals surface area contributed by atoms with Crippen LogP contribution in [0, 0.1) is 0 Å². The first-order valence-electron chi connectivity index (χ1n) is 7.70. The van der Waals surface area contributed by atoms with Gasteiger partial charge in [-0.25, -0.2) is 0 Å². The molecule has 5 nitrogen and oxygen atoms in total. The predicted octanol–water partition coefficient (Wildman–Crippen LogP) is 4.27. The lowest BCUT2D eigenvalue weighted by molar-refractivity contribution is -0.167. The second-order valence-electron chi connectivity index (χ2n) is 4.71. The van der Waals surface area contributed by atoms with Crippen molar-refractivity contribution in [3.8, 4) is 11.5 Å². The first-order chi connectivity index (χ1) is 11.1. The predicted molar refractivity (Wildman–Crippen MR) is 90.7 cm³/mol. The molecule has 1 N–H and O–H groups in total. The lowest BCUT2D eigenvalue weighted by Gasteiger charge is -2.16. The van der Waals surface area contributed by atoms with E-state index in [2.05, 4.69) is 0 Å². The molecule has 0 atom stereocenters. The summed E-state index contributed by atoms with van der Waals surface area (Å²) in [5.41, 5.74) is 0. The van der Waals surface area contributed by atoms with Gasteiger partial charge in [-0.15, -0.1) is 0 Å². The van der Waals surface area contributed by atoms with Gasteiger partial charge < -0.3 is 24.1 Å². The van der Waals surface area contributed by atoms with E-state index in [9.17, 15) is 5.11 Å². The maximum atomic E-state index is 9.35. The zero-order chi connectivity index (χ0) is 17.1. The van der Waals surface area contributed by atoms with E-state index in [0.717, 1.165) is 12.8 Å². The molecule has 0 aliphatic rings. The zero-order valence-electron chi connectivity index (χ0n) is 13.5. The summed E-state index contributed by atoms with van der Waals surface area (Å²) in [6.07, 6.45) is 1.32. The molecule has 23 heavy (non-hydrogen) atoms. The van der Waals surface area contributed by atoms with Crippen LogP contribution in [0.25, 0.3) is 0 Å². The van der Waals surface area contributed by atoms with E-state index in [0.29, 0.717) is 48.8 Å². The summed E-state index contributed by atoms with van der Waals surface area (Å²) < 4.78 is 21.8. The smallest absolute Gasteiger partial charge is 0.180 e. The highest BCUT2D eigenvalue weighted by Gasteiger charge is 2.10. The molecule has 0 radical (unpaired) electrons. The molecule has 0 spiro atoms. The number of phenolic OH excluding ortho intramolecular Hbond substituents is 1. The summed E-state index contributed by atoms with van der Waals surface area (Å²) in [4.78, 5) is 0. The van der Waals surface area contributed by atoms with Gasteiger partial charge in [-0.3, -0.25) is 0 Å². The van der Waals surface area contributed by atoms with Gasteiger partial charge in [0, 0.05) is 32.0 Å². The molecule has 0 bridgehead atoms. The van der Waals surface area contributed by atoms with Gasteiger partial charge in [-0.1, -0.05) is 23.2 Å². The van der Waals surface area contributed by atoms with Crippen molar-refractivity contribution < 1.29 is 24.1 Å². The summed E-state index contributed by atoms with van der Waals surface area (Å²) in [6.45, 7) is 6.50. The highest BCUT2D eigenvalue weighted by molar-refractivity contribution is 6.37. The number of unbranched alkanes of at least 4 members (excludes halogenated alkanes) is 1. The molecule has 0 aromatic heterocycles. The molecule has 1 aromatic carbocycles. The monoisotopic (exact) mass is 366 g/mol. The Morgan fingerprint density at radius 1 is 1.00 bits per heavy atom. The van der Waals surface area contributed by atoms with E-state index in [4.69, 9.17) is 42.1 Å². The number of phenols is 1. The Morgan fingerprint density at radius 2 is 1.57 bits per heavy atom. The molecule has 0 saturated carbocycles. The number of hydrogen-bond donors (Lipinski definition) is 1. The van der Waals surface area contributed by atoms with Gasteiger partial charge in [0.2, 0.25) is 0 Å². The van der Waals surface area contributed by atoms with Gasteiger partial charge in [0.1, 0.15) is 5.75 Å². The van der Waals surface area contributed by atoms with E-state index >= 15 is 0 Å². The quantitative estimate of drug-likeness (QED) is 0.442. The fourth-order valence-electron chi connectivity index (χ4n) is 1.86. The number of rotatable bonds is 12. The summed E-state index contributed by atoms with van der Waals surface area (Å²) in [5, 5.41) is 9.93. The number of halogens is 2. The number of aromatic hydroxyl groups is 1. The molecule has 0 saturated heterocycles. The summed E-state index contributed by atoms with van der Waals surface area (Å²) in [7, 11) is 0. The number of benzene rings is 1. The topological polar surface area (TPSA) is 57.2 Å². The van der Waals surface area contributed by atoms with Gasteiger partial charge >= 0.3 is 0 Å². The molecule has 0 heterocycles. The van der Waals surface area contributed by atoms with E-state index in [1.807, 2.05) is 13.8 Å². The normalized spacial score (nSPS) is 11.2. The van der Waals surface area contributed by atoms with Gasteiger partial charge in [0.25, 0.3) is 0 Å². The van der Waals surface area contributed by atoms with E-state index in [-0.39, 0.29) is 12.0 Å². The van der Waals surface area contributed by atoms with Crippen LogP contribution in [-0.2, 0) is 14.2 Å². The van der Waals surface area contributed by atoms with Crippen molar-refractivity contribution >= 4 is 23.2 Å². The molecule has 1 aromatic rings. The van der Waals surface area contributed by atoms with Crippen molar-refractivity contribution in [1.29, 1.82) is 0 Å². The standard InChI is InChI=1S/C16H24Cl2O5/c1-3-21-15(22-4-2)11-20-7-5-6-8-23-16-13(17)9-12(19)10-14(16)18/h9-10,15,19H,3-8,11H2,1-2H3. The molecule has 0 aliphatic carbocycles. The van der Waals surface area contributed by atoms with Crippen LogP contribution in [0.3, 0.4) is 0 Å². The average molecular weight is 367 g/mol. The van der Waals surface area contributed by atoms with Crippen molar-refractivity contribution in [3.63, 3.8) is 0 Å².